The number of aliphatic carboxylic acids is 1. The van der Waals surface area contributed by atoms with Gasteiger partial charge >= 0.3 is 5.97 Å². The van der Waals surface area contributed by atoms with Crippen molar-refractivity contribution >= 4 is 5.97 Å². The maximum Gasteiger partial charge on any atom is 0.320 e. The van der Waals surface area contributed by atoms with Gasteiger partial charge < -0.3 is 15.4 Å². The molecule has 0 aliphatic carbocycles. The van der Waals surface area contributed by atoms with Gasteiger partial charge in [0.15, 0.2) is 0 Å². The van der Waals surface area contributed by atoms with Gasteiger partial charge in [0.05, 0.1) is 0 Å². The maximum absolute atomic E-state index is 10.8. The van der Waals surface area contributed by atoms with Crippen molar-refractivity contribution in [2.75, 3.05) is 0 Å². The van der Waals surface area contributed by atoms with E-state index in [4.69, 9.17) is 10.8 Å². The molecular formula is C13H15N3O2. The summed E-state index contributed by atoms with van der Waals surface area (Å²) in [5.74, 6) is -0.199. The van der Waals surface area contributed by atoms with Gasteiger partial charge in [-0.25, -0.2) is 4.98 Å². The number of hydrogen-bond acceptors (Lipinski definition) is 3. The Morgan fingerprint density at radius 3 is 2.94 bits per heavy atom. The molecule has 3 N–H and O–H groups in total. The summed E-state index contributed by atoms with van der Waals surface area (Å²) in [4.78, 5) is 15.1. The van der Waals surface area contributed by atoms with E-state index in [9.17, 15) is 4.79 Å². The molecule has 0 spiro atoms. The van der Waals surface area contributed by atoms with Crippen molar-refractivity contribution in [3.63, 3.8) is 0 Å². The lowest BCUT2D eigenvalue weighted by Gasteiger charge is -2.12. The number of rotatable bonds is 4. The SMILES string of the molecule is Cc1cccnc1-n1cccc1CC(N)C(=O)O. The van der Waals surface area contributed by atoms with Gasteiger partial charge in [-0.2, -0.15) is 0 Å². The van der Waals surface area contributed by atoms with Gasteiger partial charge in [-0.3, -0.25) is 4.79 Å². The van der Waals surface area contributed by atoms with Crippen molar-refractivity contribution in [3.05, 3.63) is 47.9 Å². The normalized spacial score (nSPS) is 12.3. The molecule has 2 aromatic rings. The third kappa shape index (κ3) is 2.41. The van der Waals surface area contributed by atoms with Crippen molar-refractivity contribution in [1.29, 1.82) is 0 Å². The van der Waals surface area contributed by atoms with Crippen LogP contribution >= 0.6 is 0 Å². The number of hydrogen-bond donors (Lipinski definition) is 2. The Labute approximate surface area is 105 Å². The first-order valence-electron chi connectivity index (χ1n) is 5.66. The topological polar surface area (TPSA) is 81.1 Å². The molecule has 18 heavy (non-hydrogen) atoms. The molecule has 0 aromatic carbocycles. The highest BCUT2D eigenvalue weighted by atomic mass is 16.4. The van der Waals surface area contributed by atoms with Crippen LogP contribution in [0.15, 0.2) is 36.7 Å². The number of carbonyl (C=O) groups is 1. The maximum atomic E-state index is 10.8. The zero-order valence-corrected chi connectivity index (χ0v) is 10.1. The van der Waals surface area contributed by atoms with E-state index in [1.807, 2.05) is 42.0 Å². The van der Waals surface area contributed by atoms with Gasteiger partial charge in [-0.05, 0) is 30.7 Å². The van der Waals surface area contributed by atoms with Gasteiger partial charge in [0.1, 0.15) is 11.9 Å². The van der Waals surface area contributed by atoms with Crippen molar-refractivity contribution in [2.45, 2.75) is 19.4 Å². The van der Waals surface area contributed by atoms with Crippen LogP contribution in [0.4, 0.5) is 0 Å². The quantitative estimate of drug-likeness (QED) is 0.846. The molecule has 5 heteroatoms. The summed E-state index contributed by atoms with van der Waals surface area (Å²) in [5.41, 5.74) is 7.43. The number of nitrogens with two attached hydrogens (primary N) is 1. The van der Waals surface area contributed by atoms with Crippen LogP contribution in [-0.2, 0) is 11.2 Å². The molecule has 2 rings (SSSR count). The zero-order chi connectivity index (χ0) is 13.1. The minimum Gasteiger partial charge on any atom is -0.480 e. The first kappa shape index (κ1) is 12.3. The molecule has 94 valence electrons. The van der Waals surface area contributed by atoms with Crippen LogP contribution in [0.25, 0.3) is 5.82 Å². The van der Waals surface area contributed by atoms with Crippen LogP contribution in [-0.4, -0.2) is 26.7 Å². The summed E-state index contributed by atoms with van der Waals surface area (Å²) in [7, 11) is 0. The lowest BCUT2D eigenvalue weighted by molar-refractivity contribution is -0.138. The average molecular weight is 245 g/mol. The van der Waals surface area contributed by atoms with Crippen LogP contribution in [0.2, 0.25) is 0 Å². The highest BCUT2D eigenvalue weighted by Crippen LogP contribution is 2.15. The van der Waals surface area contributed by atoms with Crippen LogP contribution < -0.4 is 5.73 Å². The molecule has 2 heterocycles. The molecule has 2 aromatic heterocycles. The van der Waals surface area contributed by atoms with E-state index in [0.717, 1.165) is 17.1 Å². The van der Waals surface area contributed by atoms with Gasteiger partial charge in [-0.1, -0.05) is 6.07 Å². The number of carboxylic acid groups (broad SMARTS) is 1. The number of aryl methyl sites for hydroxylation is 1. The summed E-state index contributed by atoms with van der Waals surface area (Å²) in [6.07, 6.45) is 3.85. The number of nitrogens with zero attached hydrogens (tertiary/aromatic N) is 2. The number of carboxylic acids is 1. The third-order valence-corrected chi connectivity index (χ3v) is 2.79. The lowest BCUT2D eigenvalue weighted by atomic mass is 10.1. The standard InChI is InChI=1S/C13H15N3O2/c1-9-4-2-6-15-12(9)16-7-3-5-10(16)8-11(14)13(17)18/h2-7,11H,8,14H2,1H3,(H,17,18). The summed E-state index contributed by atoms with van der Waals surface area (Å²) < 4.78 is 1.87. The molecule has 0 amide bonds. The molecule has 1 unspecified atom stereocenters. The van der Waals surface area contributed by atoms with E-state index < -0.39 is 12.0 Å². The smallest absolute Gasteiger partial charge is 0.320 e. The Balaban J connectivity index is 2.34. The molecular weight excluding hydrogens is 230 g/mol. The van der Waals surface area contributed by atoms with E-state index >= 15 is 0 Å². The second-order valence-electron chi connectivity index (χ2n) is 4.16. The fourth-order valence-electron chi connectivity index (χ4n) is 1.83. The van der Waals surface area contributed by atoms with Gasteiger partial charge in [0.25, 0.3) is 0 Å². The van der Waals surface area contributed by atoms with E-state index in [2.05, 4.69) is 4.98 Å². The van der Waals surface area contributed by atoms with Crippen LogP contribution in [0.3, 0.4) is 0 Å². The molecule has 0 aliphatic rings. The lowest BCUT2D eigenvalue weighted by Crippen LogP contribution is -2.33. The molecule has 0 bridgehead atoms. The monoisotopic (exact) mass is 245 g/mol. The van der Waals surface area contributed by atoms with Gasteiger partial charge in [0.2, 0.25) is 0 Å². The van der Waals surface area contributed by atoms with Gasteiger partial charge in [0, 0.05) is 24.5 Å². The van der Waals surface area contributed by atoms with Gasteiger partial charge in [-0.15, -0.1) is 0 Å². The molecule has 0 fully saturated rings. The Morgan fingerprint density at radius 1 is 1.50 bits per heavy atom. The Hall–Kier alpha value is -2.14. The highest BCUT2D eigenvalue weighted by molar-refractivity contribution is 5.73. The summed E-state index contributed by atoms with van der Waals surface area (Å²) >= 11 is 0. The average Bonchev–Trinajstić information content (AvgIpc) is 2.77. The zero-order valence-electron chi connectivity index (χ0n) is 10.1. The molecule has 0 saturated heterocycles. The Kier molecular flexibility index (Phi) is 3.43. The molecule has 1 atom stereocenters. The number of pyridine rings is 1. The van der Waals surface area contributed by atoms with E-state index in [1.54, 1.807) is 6.20 Å². The summed E-state index contributed by atoms with van der Waals surface area (Å²) in [5, 5.41) is 8.85. The van der Waals surface area contributed by atoms with Crippen molar-refractivity contribution in [2.24, 2.45) is 5.73 Å². The molecule has 0 radical (unpaired) electrons. The van der Waals surface area contributed by atoms with E-state index in [1.165, 1.54) is 0 Å². The van der Waals surface area contributed by atoms with E-state index in [-0.39, 0.29) is 6.42 Å². The molecule has 0 aliphatic heterocycles. The Morgan fingerprint density at radius 2 is 2.28 bits per heavy atom. The van der Waals surface area contributed by atoms with Crippen molar-refractivity contribution in [3.8, 4) is 5.82 Å². The summed E-state index contributed by atoms with van der Waals surface area (Å²) in [6.45, 7) is 1.96. The van der Waals surface area contributed by atoms with Crippen LogP contribution in [0.1, 0.15) is 11.3 Å². The van der Waals surface area contributed by atoms with Crippen LogP contribution in [0.5, 0.6) is 0 Å². The van der Waals surface area contributed by atoms with Crippen molar-refractivity contribution < 1.29 is 9.90 Å². The second-order valence-corrected chi connectivity index (χ2v) is 4.16. The molecule has 5 nitrogen and oxygen atoms in total. The van der Waals surface area contributed by atoms with E-state index in [0.29, 0.717) is 0 Å². The molecule has 0 saturated carbocycles. The highest BCUT2D eigenvalue weighted by Gasteiger charge is 2.15. The first-order chi connectivity index (χ1) is 8.59. The second kappa shape index (κ2) is 5.01. The summed E-state index contributed by atoms with van der Waals surface area (Å²) in [6, 6.07) is 6.64. The first-order valence-corrected chi connectivity index (χ1v) is 5.66. The fourth-order valence-corrected chi connectivity index (χ4v) is 1.83. The predicted molar refractivity (Wildman–Crippen MR) is 67.6 cm³/mol. The minimum absolute atomic E-state index is 0.276. The third-order valence-electron chi connectivity index (χ3n) is 2.79. The largest absolute Gasteiger partial charge is 0.480 e. The predicted octanol–water partition coefficient (Wildman–Crippen LogP) is 1.14. The minimum atomic E-state index is -1.000. The van der Waals surface area contributed by atoms with Crippen molar-refractivity contribution in [1.82, 2.24) is 9.55 Å². The Bertz CT molecular complexity index is 563. The number of aromatic nitrogens is 2. The fraction of sp³-hybridized carbons (Fsp3) is 0.231. The van der Waals surface area contributed by atoms with Crippen LogP contribution in [0, 0.1) is 6.92 Å².